The Hall–Kier alpha value is -3.96. The van der Waals surface area contributed by atoms with Crippen molar-refractivity contribution in [2.75, 3.05) is 19.0 Å². The third kappa shape index (κ3) is 7.26. The highest BCUT2D eigenvalue weighted by Crippen LogP contribution is 2.27. The van der Waals surface area contributed by atoms with Gasteiger partial charge in [-0.05, 0) is 39.3 Å². The number of carbonyl (C=O) groups is 1. The number of nitrogens with one attached hydrogen (secondary N) is 2. The molecule has 0 spiro atoms. The third-order valence-electron chi connectivity index (χ3n) is 4.57. The van der Waals surface area contributed by atoms with Crippen LogP contribution < -0.4 is 20.1 Å². The van der Waals surface area contributed by atoms with Crippen molar-refractivity contribution in [2.24, 2.45) is 0 Å². The molecule has 1 amide bonds. The van der Waals surface area contributed by atoms with Gasteiger partial charge >= 0.3 is 6.09 Å². The molecule has 0 atom stereocenters. The van der Waals surface area contributed by atoms with Crippen LogP contribution >= 0.6 is 0 Å². The molecule has 10 nitrogen and oxygen atoms in total. The average Bonchev–Trinajstić information content (AvgIpc) is 3.23. The van der Waals surface area contributed by atoms with E-state index in [0.29, 0.717) is 18.8 Å². The minimum atomic E-state index is -0.812. The summed E-state index contributed by atoms with van der Waals surface area (Å²) in [5.74, 6) is -1.05. The number of hydrogen-bond donors (Lipinski definition) is 2. The summed E-state index contributed by atoms with van der Waals surface area (Å²) in [5.41, 5.74) is 0.0805. The van der Waals surface area contributed by atoms with Gasteiger partial charge in [0.15, 0.2) is 17.3 Å². The number of hydrogen-bond acceptors (Lipinski definition) is 8. The van der Waals surface area contributed by atoms with Crippen molar-refractivity contribution in [3.63, 3.8) is 0 Å². The van der Waals surface area contributed by atoms with E-state index in [9.17, 15) is 13.6 Å². The molecule has 0 bridgehead atoms. The molecule has 0 unspecified atom stereocenters. The van der Waals surface area contributed by atoms with Gasteiger partial charge in [-0.15, -0.1) is 0 Å². The number of anilines is 2. The monoisotopic (exact) mass is 490 g/mol. The lowest BCUT2D eigenvalue weighted by Crippen LogP contribution is -2.34. The van der Waals surface area contributed by atoms with Gasteiger partial charge in [-0.1, -0.05) is 0 Å². The number of aryl methyl sites for hydroxylation is 1. The molecule has 0 saturated heterocycles. The summed E-state index contributed by atoms with van der Waals surface area (Å²) in [6, 6.07) is 1.29. The van der Waals surface area contributed by atoms with Crippen LogP contribution in [-0.2, 0) is 17.9 Å². The summed E-state index contributed by atoms with van der Waals surface area (Å²) in [5, 5.41) is 9.85. The van der Waals surface area contributed by atoms with E-state index in [1.54, 1.807) is 37.8 Å². The number of methoxy groups -OCH3 is 1. The molecule has 2 heterocycles. The number of ether oxygens (including phenoxy) is 3. The number of amides is 1. The van der Waals surface area contributed by atoms with E-state index in [0.717, 1.165) is 0 Å². The molecule has 0 fully saturated rings. The largest absolute Gasteiger partial charge is 0.494 e. The van der Waals surface area contributed by atoms with Crippen molar-refractivity contribution in [3.05, 3.63) is 53.6 Å². The minimum Gasteiger partial charge on any atom is -0.494 e. The van der Waals surface area contributed by atoms with Crippen molar-refractivity contribution in [1.82, 2.24) is 25.1 Å². The second kappa shape index (κ2) is 11.0. The molecule has 12 heteroatoms. The molecular formula is C23H28F2N6O4. The van der Waals surface area contributed by atoms with Crippen LogP contribution in [0.15, 0.2) is 30.9 Å². The summed E-state index contributed by atoms with van der Waals surface area (Å²) in [6.45, 7) is 7.32. The average molecular weight is 491 g/mol. The molecule has 1 aromatic carbocycles. The molecule has 0 aliphatic rings. The lowest BCUT2D eigenvalue weighted by atomic mass is 10.1. The van der Waals surface area contributed by atoms with E-state index >= 15 is 0 Å². The Labute approximate surface area is 201 Å². The molecule has 0 aliphatic carbocycles. The Morgan fingerprint density at radius 2 is 1.86 bits per heavy atom. The number of rotatable bonds is 9. The van der Waals surface area contributed by atoms with Crippen LogP contribution in [-0.4, -0.2) is 45.1 Å². The fourth-order valence-electron chi connectivity index (χ4n) is 2.96. The second-order valence-corrected chi connectivity index (χ2v) is 8.58. The van der Waals surface area contributed by atoms with Gasteiger partial charge in [0.05, 0.1) is 43.5 Å². The van der Waals surface area contributed by atoms with Gasteiger partial charge in [0, 0.05) is 12.7 Å². The van der Waals surface area contributed by atoms with Gasteiger partial charge in [0.25, 0.3) is 0 Å². The minimum absolute atomic E-state index is 0.0561. The summed E-state index contributed by atoms with van der Waals surface area (Å²) in [7, 11) is 1.31. The van der Waals surface area contributed by atoms with Crippen molar-refractivity contribution in [1.29, 1.82) is 0 Å². The lowest BCUT2D eigenvalue weighted by Gasteiger charge is -2.19. The predicted octanol–water partition coefficient (Wildman–Crippen LogP) is 4.12. The van der Waals surface area contributed by atoms with E-state index in [1.165, 1.54) is 32.5 Å². The summed E-state index contributed by atoms with van der Waals surface area (Å²) in [6.07, 6.45) is 5.57. The number of alkyl carbamates (subject to hydrolysis) is 1. The maximum Gasteiger partial charge on any atom is 0.407 e. The fraction of sp³-hybridized carbons (Fsp3) is 0.391. The van der Waals surface area contributed by atoms with Crippen molar-refractivity contribution >= 4 is 17.7 Å². The molecule has 188 valence electrons. The van der Waals surface area contributed by atoms with Crippen LogP contribution in [0.4, 0.5) is 25.2 Å². The normalized spacial score (nSPS) is 11.2. The van der Waals surface area contributed by atoms with Crippen molar-refractivity contribution in [2.45, 2.75) is 46.4 Å². The molecular weight excluding hydrogens is 462 g/mol. The Kier molecular flexibility index (Phi) is 8.05. The highest BCUT2D eigenvalue weighted by atomic mass is 19.1. The number of nitrogens with zero attached hydrogens (tertiary/aromatic N) is 4. The Bertz CT molecular complexity index is 1160. The van der Waals surface area contributed by atoms with E-state index in [1.807, 2.05) is 0 Å². The smallest absolute Gasteiger partial charge is 0.407 e. The first kappa shape index (κ1) is 25.7. The topological polar surface area (TPSA) is 112 Å². The molecule has 0 radical (unpaired) electrons. The van der Waals surface area contributed by atoms with Crippen LogP contribution in [0.1, 0.15) is 31.9 Å². The maximum atomic E-state index is 14.4. The zero-order valence-electron chi connectivity index (χ0n) is 20.2. The second-order valence-electron chi connectivity index (χ2n) is 8.58. The maximum absolute atomic E-state index is 14.4. The first-order valence-electron chi connectivity index (χ1n) is 10.8. The summed E-state index contributed by atoms with van der Waals surface area (Å²) in [4.78, 5) is 20.0. The van der Waals surface area contributed by atoms with E-state index in [2.05, 4.69) is 25.7 Å². The molecule has 0 aliphatic heterocycles. The molecule has 35 heavy (non-hydrogen) atoms. The fourth-order valence-corrected chi connectivity index (χ4v) is 2.96. The van der Waals surface area contributed by atoms with Gasteiger partial charge in [-0.2, -0.15) is 5.10 Å². The first-order valence-corrected chi connectivity index (χ1v) is 10.8. The standard InChI is InChI=1S/C23H28F2N6O4/c1-14-8-18(33-5)20(25)17(19(14)24)13-34-16-10-27-21(28-11-16)30-15-9-29-31(12-15)7-6-26-22(32)35-23(2,3)4/h8-12H,6-7,13H2,1-5H3,(H,26,32)(H,27,28,30). The zero-order valence-corrected chi connectivity index (χ0v) is 20.2. The molecule has 0 saturated carbocycles. The third-order valence-corrected chi connectivity index (χ3v) is 4.57. The number of benzene rings is 1. The first-order chi connectivity index (χ1) is 16.6. The zero-order chi connectivity index (χ0) is 25.6. The highest BCUT2D eigenvalue weighted by molar-refractivity contribution is 5.67. The van der Waals surface area contributed by atoms with Crippen LogP contribution in [0.3, 0.4) is 0 Å². The van der Waals surface area contributed by atoms with Gasteiger partial charge < -0.3 is 24.8 Å². The van der Waals surface area contributed by atoms with Crippen LogP contribution in [0.5, 0.6) is 11.5 Å². The van der Waals surface area contributed by atoms with Crippen LogP contribution in [0, 0.1) is 18.6 Å². The van der Waals surface area contributed by atoms with Crippen molar-refractivity contribution in [3.8, 4) is 11.5 Å². The molecule has 3 rings (SSSR count). The lowest BCUT2D eigenvalue weighted by molar-refractivity contribution is 0.0525. The summed E-state index contributed by atoms with van der Waals surface area (Å²) >= 11 is 0. The molecule has 2 N–H and O–H groups in total. The predicted molar refractivity (Wildman–Crippen MR) is 124 cm³/mol. The van der Waals surface area contributed by atoms with Gasteiger partial charge in [-0.3, -0.25) is 4.68 Å². The SMILES string of the molecule is COc1cc(C)c(F)c(COc2cnc(Nc3cnn(CCNC(=O)OC(C)(C)C)c3)nc2)c1F. The van der Waals surface area contributed by atoms with Gasteiger partial charge in [0.2, 0.25) is 5.95 Å². The van der Waals surface area contributed by atoms with Crippen molar-refractivity contribution < 1.29 is 27.8 Å². The summed E-state index contributed by atoms with van der Waals surface area (Å²) < 4.78 is 45.9. The van der Waals surface area contributed by atoms with Crippen LogP contribution in [0.25, 0.3) is 0 Å². The quantitative estimate of drug-likeness (QED) is 0.461. The van der Waals surface area contributed by atoms with Gasteiger partial charge in [0.1, 0.15) is 18.0 Å². The van der Waals surface area contributed by atoms with Gasteiger partial charge in [-0.25, -0.2) is 23.5 Å². The van der Waals surface area contributed by atoms with E-state index in [-0.39, 0.29) is 35.2 Å². The number of aromatic nitrogens is 4. The van der Waals surface area contributed by atoms with E-state index < -0.39 is 23.3 Å². The highest BCUT2D eigenvalue weighted by Gasteiger charge is 2.18. The molecule has 2 aromatic heterocycles. The number of halogens is 2. The van der Waals surface area contributed by atoms with E-state index in [4.69, 9.17) is 14.2 Å². The number of carbonyl (C=O) groups excluding carboxylic acids is 1. The Balaban J connectivity index is 1.51. The van der Waals surface area contributed by atoms with Crippen LogP contribution in [0.2, 0.25) is 0 Å². The Morgan fingerprint density at radius 1 is 1.14 bits per heavy atom. The Morgan fingerprint density at radius 3 is 2.51 bits per heavy atom. The molecule has 3 aromatic rings.